The maximum absolute atomic E-state index is 2.31. The Bertz CT molecular complexity index is 350. The van der Waals surface area contributed by atoms with Crippen LogP contribution in [0.5, 0.6) is 0 Å². The van der Waals surface area contributed by atoms with E-state index in [2.05, 4.69) is 45.1 Å². The Morgan fingerprint density at radius 3 is 2.38 bits per heavy atom. The van der Waals surface area contributed by atoms with Crippen LogP contribution in [-0.4, -0.2) is 18.9 Å². The number of allylic oxidation sites excluding steroid dienone is 1. The molecular formula is C12H14Li. The van der Waals surface area contributed by atoms with Gasteiger partial charge in [0.25, 0.3) is 0 Å². The van der Waals surface area contributed by atoms with Crippen molar-refractivity contribution in [2.45, 2.75) is 26.7 Å². The molecule has 0 N–H and O–H groups in total. The van der Waals surface area contributed by atoms with Gasteiger partial charge in [-0.25, -0.2) is 0 Å². The summed E-state index contributed by atoms with van der Waals surface area (Å²) in [5.41, 5.74) is 5.69. The number of hydrogen-bond acceptors (Lipinski definition) is 0. The van der Waals surface area contributed by atoms with E-state index in [0.717, 1.165) is 0 Å². The number of fused-ring (bicyclic) bond motifs is 1. The molecule has 1 radical (unpaired) electrons. The standard InChI is InChI=1S/C12H14.Li/c1-8-4-5-11-6-9(2)10(3)7-12(8)11;/h4-8H,1-3H3;. The summed E-state index contributed by atoms with van der Waals surface area (Å²) in [6, 6.07) is 4.60. The molecule has 1 aliphatic carbocycles. The van der Waals surface area contributed by atoms with Crippen molar-refractivity contribution in [2.75, 3.05) is 0 Å². The Morgan fingerprint density at radius 1 is 1.08 bits per heavy atom. The summed E-state index contributed by atoms with van der Waals surface area (Å²) in [5.74, 6) is 0.610. The van der Waals surface area contributed by atoms with Gasteiger partial charge in [-0.15, -0.1) is 0 Å². The molecule has 0 bridgehead atoms. The largest absolute Gasteiger partial charge is 0.0767 e. The maximum atomic E-state index is 2.31. The van der Waals surface area contributed by atoms with Crippen LogP contribution < -0.4 is 0 Å². The summed E-state index contributed by atoms with van der Waals surface area (Å²) in [6.45, 7) is 6.60. The first-order valence-corrected chi connectivity index (χ1v) is 4.48. The van der Waals surface area contributed by atoms with Gasteiger partial charge in [0.15, 0.2) is 0 Å². The van der Waals surface area contributed by atoms with Gasteiger partial charge >= 0.3 is 0 Å². The Labute approximate surface area is 92.2 Å². The molecule has 1 heteroatoms. The second kappa shape index (κ2) is 3.74. The first-order valence-electron chi connectivity index (χ1n) is 4.48. The van der Waals surface area contributed by atoms with Gasteiger partial charge in [0.05, 0.1) is 0 Å². The predicted octanol–water partition coefficient (Wildman–Crippen LogP) is 3.05. The molecule has 63 valence electrons. The molecule has 13 heavy (non-hydrogen) atoms. The van der Waals surface area contributed by atoms with E-state index in [-0.39, 0.29) is 18.9 Å². The zero-order valence-corrected chi connectivity index (χ0v) is 8.89. The minimum absolute atomic E-state index is 0. The van der Waals surface area contributed by atoms with Gasteiger partial charge in [0, 0.05) is 18.9 Å². The van der Waals surface area contributed by atoms with Gasteiger partial charge in [-0.1, -0.05) is 31.2 Å². The molecule has 1 atom stereocenters. The second-order valence-electron chi connectivity index (χ2n) is 3.71. The Kier molecular flexibility index (Phi) is 3.06. The van der Waals surface area contributed by atoms with Crippen LogP contribution in [0.25, 0.3) is 6.08 Å². The van der Waals surface area contributed by atoms with E-state index in [1.807, 2.05) is 0 Å². The fourth-order valence-electron chi connectivity index (χ4n) is 1.75. The maximum Gasteiger partial charge on any atom is 0 e. The number of aryl methyl sites for hydroxylation is 2. The van der Waals surface area contributed by atoms with E-state index in [4.69, 9.17) is 0 Å². The number of hydrogen-bond donors (Lipinski definition) is 0. The van der Waals surface area contributed by atoms with Gasteiger partial charge in [-0.2, -0.15) is 0 Å². The average Bonchev–Trinajstić information content (AvgIpc) is 2.35. The molecule has 0 aromatic heterocycles. The first kappa shape index (κ1) is 10.6. The van der Waals surface area contributed by atoms with Gasteiger partial charge in [-0.05, 0) is 42.0 Å². The van der Waals surface area contributed by atoms with E-state index >= 15 is 0 Å². The average molecular weight is 165 g/mol. The molecule has 0 saturated carbocycles. The van der Waals surface area contributed by atoms with Crippen molar-refractivity contribution in [2.24, 2.45) is 0 Å². The van der Waals surface area contributed by atoms with Crippen molar-refractivity contribution in [1.82, 2.24) is 0 Å². The smallest absolute Gasteiger partial charge is 0 e. The van der Waals surface area contributed by atoms with Gasteiger partial charge in [-0.3, -0.25) is 0 Å². The van der Waals surface area contributed by atoms with Crippen LogP contribution in [0.4, 0.5) is 0 Å². The fraction of sp³-hybridized carbons (Fsp3) is 0.333. The molecule has 0 heterocycles. The van der Waals surface area contributed by atoms with Crippen LogP contribution in [0.15, 0.2) is 18.2 Å². The molecule has 1 aromatic carbocycles. The van der Waals surface area contributed by atoms with Crippen LogP contribution in [0.1, 0.15) is 35.1 Å². The topological polar surface area (TPSA) is 0 Å². The monoisotopic (exact) mass is 165 g/mol. The van der Waals surface area contributed by atoms with Gasteiger partial charge < -0.3 is 0 Å². The third-order valence-corrected chi connectivity index (χ3v) is 2.75. The summed E-state index contributed by atoms with van der Waals surface area (Å²) < 4.78 is 0. The van der Waals surface area contributed by atoms with Crippen molar-refractivity contribution >= 4 is 24.9 Å². The van der Waals surface area contributed by atoms with E-state index in [1.165, 1.54) is 22.3 Å². The molecule has 2 rings (SSSR count). The van der Waals surface area contributed by atoms with Crippen LogP contribution in [-0.2, 0) is 0 Å². The number of benzene rings is 1. The van der Waals surface area contributed by atoms with E-state index in [0.29, 0.717) is 5.92 Å². The van der Waals surface area contributed by atoms with Crippen LogP contribution >= 0.6 is 0 Å². The molecule has 1 aromatic rings. The molecule has 0 amide bonds. The molecular weight excluding hydrogens is 151 g/mol. The van der Waals surface area contributed by atoms with Gasteiger partial charge in [0.2, 0.25) is 0 Å². The third kappa shape index (κ3) is 1.75. The predicted molar refractivity (Wildman–Crippen MR) is 59.1 cm³/mol. The molecule has 0 fully saturated rings. The third-order valence-electron chi connectivity index (χ3n) is 2.75. The molecule has 0 aliphatic heterocycles. The van der Waals surface area contributed by atoms with E-state index in [1.54, 1.807) is 0 Å². The quantitative estimate of drug-likeness (QED) is 0.518. The normalized spacial score (nSPS) is 18.2. The Balaban J connectivity index is 0.000000845. The summed E-state index contributed by atoms with van der Waals surface area (Å²) in [7, 11) is 0. The minimum atomic E-state index is 0. The molecule has 1 unspecified atom stereocenters. The van der Waals surface area contributed by atoms with Crippen molar-refractivity contribution in [1.29, 1.82) is 0 Å². The molecule has 0 spiro atoms. The number of rotatable bonds is 0. The SMILES string of the molecule is Cc1cc2c(cc1C)C(C)C=C2.[Li]. The minimum Gasteiger partial charge on any atom is -0.0767 e. The van der Waals surface area contributed by atoms with Crippen molar-refractivity contribution < 1.29 is 0 Å². The summed E-state index contributed by atoms with van der Waals surface area (Å²) in [5, 5.41) is 0. The first-order chi connectivity index (χ1) is 5.68. The summed E-state index contributed by atoms with van der Waals surface area (Å²) in [4.78, 5) is 0. The summed E-state index contributed by atoms with van der Waals surface area (Å²) in [6.07, 6.45) is 4.50. The van der Waals surface area contributed by atoms with Crippen molar-refractivity contribution in [3.63, 3.8) is 0 Å². The van der Waals surface area contributed by atoms with Crippen molar-refractivity contribution in [3.8, 4) is 0 Å². The van der Waals surface area contributed by atoms with Crippen LogP contribution in [0.2, 0.25) is 0 Å². The fourth-order valence-corrected chi connectivity index (χ4v) is 1.75. The van der Waals surface area contributed by atoms with E-state index in [9.17, 15) is 0 Å². The van der Waals surface area contributed by atoms with E-state index < -0.39 is 0 Å². The molecule has 0 nitrogen and oxygen atoms in total. The zero-order valence-electron chi connectivity index (χ0n) is 8.89. The van der Waals surface area contributed by atoms with Crippen LogP contribution in [0, 0.1) is 13.8 Å². The zero-order chi connectivity index (χ0) is 8.72. The second-order valence-corrected chi connectivity index (χ2v) is 3.71. The molecule has 0 saturated heterocycles. The summed E-state index contributed by atoms with van der Waals surface area (Å²) >= 11 is 0. The van der Waals surface area contributed by atoms with Gasteiger partial charge in [0.1, 0.15) is 0 Å². The Morgan fingerprint density at radius 2 is 1.69 bits per heavy atom. The molecule has 1 aliphatic rings. The van der Waals surface area contributed by atoms with Crippen LogP contribution in [0.3, 0.4) is 0 Å². The van der Waals surface area contributed by atoms with Crippen molar-refractivity contribution in [3.05, 3.63) is 40.5 Å². The Hall–Kier alpha value is -0.443.